The summed E-state index contributed by atoms with van der Waals surface area (Å²) in [4.78, 5) is 35.8. The summed E-state index contributed by atoms with van der Waals surface area (Å²) in [5, 5.41) is 0. The predicted molar refractivity (Wildman–Crippen MR) is 115 cm³/mol. The Balaban J connectivity index is 1.74. The van der Waals surface area contributed by atoms with Crippen LogP contribution >= 0.6 is 0 Å². The third-order valence-electron chi connectivity index (χ3n) is 9.14. The van der Waals surface area contributed by atoms with Crippen molar-refractivity contribution in [1.29, 1.82) is 0 Å². The second-order valence-corrected chi connectivity index (χ2v) is 11.1. The molecule has 4 rings (SSSR count). The van der Waals surface area contributed by atoms with Gasteiger partial charge in [-0.05, 0) is 63.2 Å². The van der Waals surface area contributed by atoms with Gasteiger partial charge in [0, 0.05) is 32.1 Å². The fourth-order valence-electron chi connectivity index (χ4n) is 7.87. The van der Waals surface area contributed by atoms with Gasteiger partial charge >= 0.3 is 17.9 Å². The standard InChI is InChI=1S/C25H38O7/c1-14-22-19-7-8-21(30-16(3)27)23(19,5)11-10-20(22)24(6)12-9-18(29-15(2)26)13-25(14,32-24)31-17(4)28/h14,18-22H,7-13H2,1-6H3/t14-,18+,19+,20+,21+,22+,23+,24?,25?/m1/s1. The molecular weight excluding hydrogens is 412 g/mol. The van der Waals surface area contributed by atoms with E-state index in [0.717, 1.165) is 32.1 Å². The minimum atomic E-state index is -1.13. The molecule has 0 radical (unpaired) electrons. The van der Waals surface area contributed by atoms with Crippen LogP contribution in [0.5, 0.6) is 0 Å². The molecule has 2 heterocycles. The van der Waals surface area contributed by atoms with E-state index >= 15 is 0 Å². The highest BCUT2D eigenvalue weighted by atomic mass is 16.7. The number of fused-ring (bicyclic) bond motifs is 6. The number of esters is 3. The number of hydrogen-bond acceptors (Lipinski definition) is 7. The van der Waals surface area contributed by atoms with Crippen molar-refractivity contribution >= 4 is 17.9 Å². The summed E-state index contributed by atoms with van der Waals surface area (Å²) in [6, 6.07) is 0. The first-order chi connectivity index (χ1) is 14.9. The summed E-state index contributed by atoms with van der Waals surface area (Å²) in [7, 11) is 0. The van der Waals surface area contributed by atoms with Crippen molar-refractivity contribution in [2.24, 2.45) is 29.1 Å². The maximum absolute atomic E-state index is 12.3. The van der Waals surface area contributed by atoms with Crippen LogP contribution in [0, 0.1) is 29.1 Å². The smallest absolute Gasteiger partial charge is 0.305 e. The fourth-order valence-corrected chi connectivity index (χ4v) is 7.87. The van der Waals surface area contributed by atoms with Crippen LogP contribution in [0.2, 0.25) is 0 Å². The van der Waals surface area contributed by atoms with Crippen molar-refractivity contribution in [1.82, 2.24) is 0 Å². The summed E-state index contributed by atoms with van der Waals surface area (Å²) in [6.07, 6.45) is 5.18. The van der Waals surface area contributed by atoms with Gasteiger partial charge in [-0.25, -0.2) is 0 Å². The molecule has 7 heteroatoms. The normalized spacial score (nSPS) is 47.4. The van der Waals surface area contributed by atoms with E-state index in [1.165, 1.54) is 20.8 Å². The molecule has 0 amide bonds. The maximum atomic E-state index is 12.3. The number of hydrogen-bond donors (Lipinski definition) is 0. The van der Waals surface area contributed by atoms with Crippen molar-refractivity contribution in [3.05, 3.63) is 0 Å². The summed E-state index contributed by atoms with van der Waals surface area (Å²) in [6.45, 7) is 10.9. The van der Waals surface area contributed by atoms with Crippen LogP contribution in [0.25, 0.3) is 0 Å². The van der Waals surface area contributed by atoms with Gasteiger partial charge in [0.1, 0.15) is 12.2 Å². The second kappa shape index (κ2) is 8.00. The molecule has 0 aromatic rings. The highest BCUT2D eigenvalue weighted by molar-refractivity contribution is 5.67. The van der Waals surface area contributed by atoms with Crippen LogP contribution < -0.4 is 0 Å². The molecule has 0 aromatic heterocycles. The summed E-state index contributed by atoms with van der Waals surface area (Å²) in [5.74, 6) is -1.20. The predicted octanol–water partition coefficient (Wildman–Crippen LogP) is 4.16. The minimum Gasteiger partial charge on any atom is -0.462 e. The number of ether oxygens (including phenoxy) is 4. The van der Waals surface area contributed by atoms with E-state index < -0.39 is 11.4 Å². The van der Waals surface area contributed by atoms with Crippen LogP contribution in [0.3, 0.4) is 0 Å². The summed E-state index contributed by atoms with van der Waals surface area (Å²) >= 11 is 0. The van der Waals surface area contributed by atoms with E-state index in [9.17, 15) is 14.4 Å². The lowest BCUT2D eigenvalue weighted by Crippen LogP contribution is -2.65. The number of rotatable bonds is 3. The lowest BCUT2D eigenvalue weighted by atomic mass is 9.51. The van der Waals surface area contributed by atoms with E-state index in [0.29, 0.717) is 24.7 Å². The monoisotopic (exact) mass is 450 g/mol. The van der Waals surface area contributed by atoms with Crippen LogP contribution in [0.4, 0.5) is 0 Å². The maximum Gasteiger partial charge on any atom is 0.305 e. The highest BCUT2D eigenvalue weighted by Gasteiger charge is 2.67. The fraction of sp³-hybridized carbons (Fsp3) is 0.880. The molecule has 2 saturated carbocycles. The molecule has 2 saturated heterocycles. The van der Waals surface area contributed by atoms with Crippen LogP contribution in [-0.2, 0) is 33.3 Å². The van der Waals surface area contributed by atoms with E-state index in [1.54, 1.807) is 0 Å². The first kappa shape index (κ1) is 23.5. The van der Waals surface area contributed by atoms with Gasteiger partial charge in [0.25, 0.3) is 0 Å². The number of carbonyl (C=O) groups excluding carboxylic acids is 3. The van der Waals surface area contributed by atoms with Crippen molar-refractivity contribution in [3.8, 4) is 0 Å². The van der Waals surface area contributed by atoms with Gasteiger partial charge in [0.05, 0.1) is 12.0 Å². The Labute approximate surface area is 190 Å². The largest absolute Gasteiger partial charge is 0.462 e. The summed E-state index contributed by atoms with van der Waals surface area (Å²) in [5.41, 5.74) is -0.562. The first-order valence-electron chi connectivity index (χ1n) is 12.1. The molecular formula is C25H38O7. The van der Waals surface area contributed by atoms with Gasteiger partial charge in [-0.15, -0.1) is 0 Å². The zero-order chi connectivity index (χ0) is 23.5. The molecule has 9 atom stereocenters. The molecule has 2 bridgehead atoms. The third kappa shape index (κ3) is 3.74. The number of carbonyl (C=O) groups is 3. The Morgan fingerprint density at radius 1 is 0.844 bits per heavy atom. The zero-order valence-electron chi connectivity index (χ0n) is 20.3. The molecule has 4 fully saturated rings. The van der Waals surface area contributed by atoms with Gasteiger partial charge in [-0.2, -0.15) is 0 Å². The summed E-state index contributed by atoms with van der Waals surface area (Å²) < 4.78 is 24.2. The van der Waals surface area contributed by atoms with Crippen LogP contribution in [0.15, 0.2) is 0 Å². The average molecular weight is 451 g/mol. The Kier molecular flexibility index (Phi) is 5.88. The first-order valence-corrected chi connectivity index (χ1v) is 12.1. The van der Waals surface area contributed by atoms with Crippen molar-refractivity contribution in [3.63, 3.8) is 0 Å². The van der Waals surface area contributed by atoms with Crippen molar-refractivity contribution < 1.29 is 33.3 Å². The van der Waals surface area contributed by atoms with Crippen LogP contribution in [0.1, 0.15) is 86.5 Å². The zero-order valence-corrected chi connectivity index (χ0v) is 20.3. The van der Waals surface area contributed by atoms with E-state index in [-0.39, 0.29) is 47.4 Å². The average Bonchev–Trinajstić information content (AvgIpc) is 2.92. The molecule has 32 heavy (non-hydrogen) atoms. The lowest BCUT2D eigenvalue weighted by molar-refractivity contribution is -0.358. The molecule has 0 N–H and O–H groups in total. The van der Waals surface area contributed by atoms with Gasteiger partial charge in [-0.3, -0.25) is 14.4 Å². The van der Waals surface area contributed by atoms with Crippen LogP contribution in [-0.4, -0.2) is 41.5 Å². The Bertz CT molecular complexity index is 795. The van der Waals surface area contributed by atoms with Crippen molar-refractivity contribution in [2.75, 3.05) is 0 Å². The lowest BCUT2D eigenvalue weighted by Gasteiger charge is -2.62. The van der Waals surface area contributed by atoms with Crippen molar-refractivity contribution in [2.45, 2.75) is 110 Å². The second-order valence-electron chi connectivity index (χ2n) is 11.1. The van der Waals surface area contributed by atoms with Gasteiger partial charge in [0.2, 0.25) is 5.79 Å². The molecule has 2 aliphatic carbocycles. The quantitative estimate of drug-likeness (QED) is 0.471. The molecule has 180 valence electrons. The molecule has 7 nitrogen and oxygen atoms in total. The Morgan fingerprint density at radius 3 is 2.16 bits per heavy atom. The minimum absolute atomic E-state index is 0.0682. The Morgan fingerprint density at radius 2 is 1.53 bits per heavy atom. The molecule has 4 aliphatic rings. The van der Waals surface area contributed by atoms with E-state index in [4.69, 9.17) is 18.9 Å². The molecule has 2 aliphatic heterocycles. The van der Waals surface area contributed by atoms with Gasteiger partial charge < -0.3 is 18.9 Å². The highest BCUT2D eigenvalue weighted by Crippen LogP contribution is 2.66. The van der Waals surface area contributed by atoms with Gasteiger partial charge in [0.15, 0.2) is 0 Å². The van der Waals surface area contributed by atoms with E-state index in [1.807, 2.05) is 0 Å². The molecule has 2 unspecified atom stereocenters. The molecule has 0 aromatic carbocycles. The third-order valence-corrected chi connectivity index (χ3v) is 9.14. The van der Waals surface area contributed by atoms with Gasteiger partial charge in [-0.1, -0.05) is 13.8 Å². The SMILES string of the molecule is CC(=O)O[C@H]1CCC2(C)OC(OC(C)=O)(C1)[C@H](C)[C@@H]1[C@@H]2CC[C@]2(C)[C@@H](OC(C)=O)CC[C@@H]12. The van der Waals surface area contributed by atoms with E-state index in [2.05, 4.69) is 20.8 Å². The molecule has 0 spiro atoms. The topological polar surface area (TPSA) is 88.1 Å². The Hall–Kier alpha value is -1.63.